The summed E-state index contributed by atoms with van der Waals surface area (Å²) in [6.07, 6.45) is 2.37. The third kappa shape index (κ3) is 2.62. The van der Waals surface area contributed by atoms with Crippen LogP contribution in [0.25, 0.3) is 16.0 Å². The molecule has 2 rings (SSSR count). The first-order valence-electron chi connectivity index (χ1n) is 6.08. The molecule has 20 heavy (non-hydrogen) atoms. The van der Waals surface area contributed by atoms with Crippen LogP contribution in [0.2, 0.25) is 0 Å². The average Bonchev–Trinajstić information content (AvgIpc) is 2.70. The summed E-state index contributed by atoms with van der Waals surface area (Å²) in [7, 11) is 1.60. The maximum absolute atomic E-state index is 13.8. The Bertz CT molecular complexity index is 604. The van der Waals surface area contributed by atoms with Crippen LogP contribution < -0.4 is 0 Å². The van der Waals surface area contributed by atoms with Crippen LogP contribution in [0, 0.1) is 10.1 Å². The van der Waals surface area contributed by atoms with Crippen LogP contribution >= 0.6 is 0 Å². The van der Waals surface area contributed by atoms with E-state index in [-0.39, 0.29) is 18.5 Å². The molecule has 1 aromatic heterocycles. The molecule has 2 atom stereocenters. The molecule has 0 radical (unpaired) electrons. The summed E-state index contributed by atoms with van der Waals surface area (Å²) in [4.78, 5) is 13.1. The largest absolute Gasteiger partial charge is 0.314 e. The van der Waals surface area contributed by atoms with Gasteiger partial charge >= 0.3 is 5.69 Å². The lowest BCUT2D eigenvalue weighted by Crippen LogP contribution is -2.17. The van der Waals surface area contributed by atoms with Gasteiger partial charge < -0.3 is 0 Å². The zero-order chi connectivity index (χ0) is 14.7. The highest BCUT2D eigenvalue weighted by molar-refractivity contribution is 5.70. The first-order chi connectivity index (χ1) is 9.54. The van der Waals surface area contributed by atoms with Crippen molar-refractivity contribution < 1.29 is 9.31 Å². The number of hydrogen-bond acceptors (Lipinski definition) is 4. The van der Waals surface area contributed by atoms with Crippen molar-refractivity contribution >= 4 is 11.3 Å². The van der Waals surface area contributed by atoms with Gasteiger partial charge in [-0.3, -0.25) is 14.8 Å². The number of aromatic nitrogens is 2. The number of nitro groups is 1. The average molecular weight is 280 g/mol. The van der Waals surface area contributed by atoms with Gasteiger partial charge in [0.15, 0.2) is 0 Å². The van der Waals surface area contributed by atoms with Gasteiger partial charge in [-0.2, -0.15) is 5.10 Å². The van der Waals surface area contributed by atoms with E-state index < -0.39 is 17.1 Å². The van der Waals surface area contributed by atoms with Gasteiger partial charge in [-0.25, -0.2) is 4.39 Å². The molecule has 0 fully saturated rings. The molecule has 8 nitrogen and oxygen atoms in total. The zero-order valence-corrected chi connectivity index (χ0v) is 10.8. The second-order valence-electron chi connectivity index (χ2n) is 4.55. The molecule has 0 unspecified atom stereocenters. The molecule has 9 heteroatoms. The number of halogens is 1. The molecule has 1 aliphatic carbocycles. The minimum atomic E-state index is -1.24. The molecule has 1 aliphatic rings. The molecule has 0 spiro atoms. The molecule has 106 valence electrons. The number of alkyl halides is 1. The summed E-state index contributed by atoms with van der Waals surface area (Å²) >= 11 is 0. The van der Waals surface area contributed by atoms with E-state index in [0.29, 0.717) is 17.7 Å². The first kappa shape index (κ1) is 14.0. The molecular formula is C11H13FN6O2. The molecule has 0 bridgehead atoms. The van der Waals surface area contributed by atoms with Crippen molar-refractivity contribution in [3.8, 4) is 0 Å². The highest BCUT2D eigenvalue weighted by Crippen LogP contribution is 2.33. The fraction of sp³-hybridized carbons (Fsp3) is 0.545. The van der Waals surface area contributed by atoms with Crippen molar-refractivity contribution in [2.24, 2.45) is 12.2 Å². The van der Waals surface area contributed by atoms with E-state index >= 15 is 0 Å². The van der Waals surface area contributed by atoms with Gasteiger partial charge in [0.05, 0.1) is 11.0 Å². The quantitative estimate of drug-likeness (QED) is 0.279. The monoisotopic (exact) mass is 280 g/mol. The maximum Gasteiger partial charge on any atom is 0.314 e. The van der Waals surface area contributed by atoms with Crippen LogP contribution in [0.3, 0.4) is 0 Å². The van der Waals surface area contributed by atoms with Crippen LogP contribution in [-0.4, -0.2) is 26.9 Å². The van der Waals surface area contributed by atoms with Crippen molar-refractivity contribution in [1.29, 1.82) is 0 Å². The fourth-order valence-electron chi connectivity index (χ4n) is 2.33. The zero-order valence-electron chi connectivity index (χ0n) is 10.8. The normalized spacial score (nSPS) is 22.6. The predicted octanol–water partition coefficient (Wildman–Crippen LogP) is 2.91. The van der Waals surface area contributed by atoms with Crippen LogP contribution in [0.5, 0.6) is 0 Å². The van der Waals surface area contributed by atoms with Gasteiger partial charge in [0, 0.05) is 12.0 Å². The summed E-state index contributed by atoms with van der Waals surface area (Å²) in [6, 6.07) is -0.759. The Hall–Kier alpha value is -2.41. The summed E-state index contributed by atoms with van der Waals surface area (Å²) in [5.41, 5.74) is 9.35. The van der Waals surface area contributed by atoms with Gasteiger partial charge in [-0.1, -0.05) is 11.2 Å². The standard InChI is InChI=1S/C11H13FN6O2/c1-17-11(10(6-14-17)18(19)20)7-2-4-8(12)9(5-3-7)15-16-13/h3,6,8-9H,2,4-5H2,1H3/t8-,9-/m1/s1. The lowest BCUT2D eigenvalue weighted by atomic mass is 10.1. The second-order valence-corrected chi connectivity index (χ2v) is 4.55. The van der Waals surface area contributed by atoms with E-state index in [2.05, 4.69) is 15.1 Å². The Morgan fingerprint density at radius 2 is 2.45 bits per heavy atom. The second kappa shape index (κ2) is 5.70. The lowest BCUT2D eigenvalue weighted by molar-refractivity contribution is -0.385. The smallest absolute Gasteiger partial charge is 0.261 e. The summed E-state index contributed by atoms with van der Waals surface area (Å²) < 4.78 is 15.2. The molecule has 0 aliphatic heterocycles. The molecule has 0 saturated carbocycles. The third-order valence-electron chi connectivity index (χ3n) is 3.33. The first-order valence-corrected chi connectivity index (χ1v) is 6.08. The Morgan fingerprint density at radius 1 is 1.70 bits per heavy atom. The maximum atomic E-state index is 13.8. The van der Waals surface area contributed by atoms with Crippen LogP contribution in [0.1, 0.15) is 25.0 Å². The van der Waals surface area contributed by atoms with Gasteiger partial charge in [0.1, 0.15) is 18.1 Å². The highest BCUT2D eigenvalue weighted by Gasteiger charge is 2.27. The van der Waals surface area contributed by atoms with Crippen LogP contribution in [-0.2, 0) is 7.05 Å². The number of aryl methyl sites for hydroxylation is 1. The Kier molecular flexibility index (Phi) is 3.99. The van der Waals surface area contributed by atoms with Crippen molar-refractivity contribution in [2.75, 3.05) is 0 Å². The Labute approximate surface area is 113 Å². The Balaban J connectivity index is 2.36. The van der Waals surface area contributed by atoms with Gasteiger partial charge in [-0.05, 0) is 30.4 Å². The number of azide groups is 1. The predicted molar refractivity (Wildman–Crippen MR) is 69.5 cm³/mol. The molecular weight excluding hydrogens is 267 g/mol. The summed E-state index contributed by atoms with van der Waals surface area (Å²) in [6.45, 7) is 0. The van der Waals surface area contributed by atoms with Crippen molar-refractivity contribution in [1.82, 2.24) is 9.78 Å². The van der Waals surface area contributed by atoms with Crippen LogP contribution in [0.15, 0.2) is 17.4 Å². The van der Waals surface area contributed by atoms with Crippen molar-refractivity contribution in [3.63, 3.8) is 0 Å². The van der Waals surface area contributed by atoms with Gasteiger partial charge in [0.2, 0.25) is 0 Å². The number of hydrogen-bond donors (Lipinski definition) is 0. The van der Waals surface area contributed by atoms with Gasteiger partial charge in [0.25, 0.3) is 0 Å². The van der Waals surface area contributed by atoms with E-state index in [1.54, 1.807) is 13.1 Å². The highest BCUT2D eigenvalue weighted by atomic mass is 19.1. The topological polar surface area (TPSA) is 110 Å². The van der Waals surface area contributed by atoms with Crippen molar-refractivity contribution in [3.05, 3.63) is 38.5 Å². The van der Waals surface area contributed by atoms with Crippen LogP contribution in [0.4, 0.5) is 10.1 Å². The number of allylic oxidation sites excluding steroid dienone is 1. The number of rotatable bonds is 3. The lowest BCUT2D eigenvalue weighted by Gasteiger charge is -2.10. The van der Waals surface area contributed by atoms with E-state index in [1.165, 1.54) is 10.9 Å². The molecule has 0 N–H and O–H groups in total. The van der Waals surface area contributed by atoms with Gasteiger partial charge in [-0.15, -0.1) is 0 Å². The Morgan fingerprint density at radius 3 is 3.10 bits per heavy atom. The molecule has 0 amide bonds. The summed E-state index contributed by atoms with van der Waals surface area (Å²) in [5, 5.41) is 18.3. The van der Waals surface area contributed by atoms with E-state index in [0.717, 1.165) is 0 Å². The van der Waals surface area contributed by atoms with E-state index in [9.17, 15) is 14.5 Å². The van der Waals surface area contributed by atoms with Crippen molar-refractivity contribution in [2.45, 2.75) is 31.5 Å². The molecule has 1 heterocycles. The molecule has 1 aromatic rings. The minimum absolute atomic E-state index is 0.101. The number of nitrogens with zero attached hydrogens (tertiary/aromatic N) is 6. The SMILES string of the molecule is Cn1ncc([N+](=O)[O-])c1C1=CC[C@@H](N=[N+]=[N-])[C@H](F)CC1. The molecule has 0 aromatic carbocycles. The summed E-state index contributed by atoms with van der Waals surface area (Å²) in [5.74, 6) is 0. The minimum Gasteiger partial charge on any atom is -0.261 e. The molecule has 0 saturated heterocycles. The van der Waals surface area contributed by atoms with E-state index in [1.807, 2.05) is 0 Å². The fourth-order valence-corrected chi connectivity index (χ4v) is 2.33. The van der Waals surface area contributed by atoms with E-state index in [4.69, 9.17) is 5.53 Å². The third-order valence-corrected chi connectivity index (χ3v) is 3.33.